The summed E-state index contributed by atoms with van der Waals surface area (Å²) in [5, 5.41) is 0. The van der Waals surface area contributed by atoms with Crippen molar-refractivity contribution in [2.45, 2.75) is 45.5 Å². The maximum atomic E-state index is 14.1. The number of benzene rings is 2. The highest BCUT2D eigenvalue weighted by molar-refractivity contribution is 5.72. The number of hydrogen-bond acceptors (Lipinski definition) is 2. The molecule has 150 valence electrons. The van der Waals surface area contributed by atoms with Gasteiger partial charge < -0.3 is 4.74 Å². The summed E-state index contributed by atoms with van der Waals surface area (Å²) in [6.45, 7) is 5.64. The van der Waals surface area contributed by atoms with Crippen LogP contribution in [0.25, 0.3) is 11.1 Å². The van der Waals surface area contributed by atoms with E-state index in [-0.39, 0.29) is 30.9 Å². The van der Waals surface area contributed by atoms with Gasteiger partial charge in [0.15, 0.2) is 0 Å². The van der Waals surface area contributed by atoms with Gasteiger partial charge >= 0.3 is 12.3 Å². The number of alkyl halides is 3. The van der Waals surface area contributed by atoms with E-state index in [9.17, 15) is 22.4 Å². The van der Waals surface area contributed by atoms with Crippen molar-refractivity contribution in [3.05, 3.63) is 58.9 Å². The number of carbonyl (C=O) groups is 1. The monoisotopic (exact) mass is 395 g/mol. The van der Waals surface area contributed by atoms with E-state index in [2.05, 4.69) is 0 Å². The fourth-order valence-corrected chi connectivity index (χ4v) is 3.28. The molecule has 0 spiro atoms. The Hall–Kier alpha value is -2.57. The van der Waals surface area contributed by atoms with Crippen molar-refractivity contribution in [3.8, 4) is 11.1 Å². The SMILES string of the molecule is CC(C)c1cc(-c2ccc(C(F)(F)F)cc2CN2C(=O)OCC2C)ccc1F. The lowest BCUT2D eigenvalue weighted by Crippen LogP contribution is -2.30. The molecule has 1 atom stereocenters. The number of halogens is 4. The molecule has 3 rings (SSSR count). The van der Waals surface area contributed by atoms with Crippen molar-refractivity contribution in [2.75, 3.05) is 6.61 Å². The van der Waals surface area contributed by atoms with Crippen molar-refractivity contribution in [3.63, 3.8) is 0 Å². The van der Waals surface area contributed by atoms with Crippen LogP contribution < -0.4 is 0 Å². The molecule has 1 heterocycles. The minimum atomic E-state index is -4.50. The van der Waals surface area contributed by atoms with E-state index >= 15 is 0 Å². The van der Waals surface area contributed by atoms with Gasteiger partial charge in [-0.2, -0.15) is 13.2 Å². The van der Waals surface area contributed by atoms with Gasteiger partial charge in [-0.25, -0.2) is 9.18 Å². The van der Waals surface area contributed by atoms with E-state index in [4.69, 9.17) is 4.74 Å². The summed E-state index contributed by atoms with van der Waals surface area (Å²) in [7, 11) is 0. The molecule has 0 bridgehead atoms. The summed E-state index contributed by atoms with van der Waals surface area (Å²) in [4.78, 5) is 13.3. The number of hydrogen-bond donors (Lipinski definition) is 0. The Morgan fingerprint density at radius 3 is 2.46 bits per heavy atom. The second kappa shape index (κ2) is 7.45. The third-order valence-electron chi connectivity index (χ3n) is 4.92. The lowest BCUT2D eigenvalue weighted by atomic mass is 9.93. The zero-order chi connectivity index (χ0) is 20.6. The average molecular weight is 395 g/mol. The quantitative estimate of drug-likeness (QED) is 0.597. The fraction of sp³-hybridized carbons (Fsp3) is 0.381. The van der Waals surface area contributed by atoms with Crippen LogP contribution in [0, 0.1) is 5.82 Å². The molecule has 1 amide bonds. The normalized spacial score (nSPS) is 17.4. The Balaban J connectivity index is 2.10. The first kappa shape index (κ1) is 20.2. The number of carbonyl (C=O) groups excluding carboxylic acids is 1. The maximum absolute atomic E-state index is 14.1. The summed E-state index contributed by atoms with van der Waals surface area (Å²) in [5.41, 5.74) is 1.16. The van der Waals surface area contributed by atoms with Crippen molar-refractivity contribution in [2.24, 2.45) is 0 Å². The van der Waals surface area contributed by atoms with Gasteiger partial charge in [-0.1, -0.05) is 26.0 Å². The molecule has 28 heavy (non-hydrogen) atoms. The molecular weight excluding hydrogens is 374 g/mol. The van der Waals surface area contributed by atoms with Crippen molar-refractivity contribution in [1.82, 2.24) is 4.90 Å². The number of cyclic esters (lactones) is 1. The first-order valence-corrected chi connectivity index (χ1v) is 9.01. The molecule has 7 heteroatoms. The Morgan fingerprint density at radius 1 is 1.18 bits per heavy atom. The third-order valence-corrected chi connectivity index (χ3v) is 4.92. The van der Waals surface area contributed by atoms with Crippen molar-refractivity contribution in [1.29, 1.82) is 0 Å². The molecule has 1 aliphatic rings. The molecule has 2 aromatic carbocycles. The Morgan fingerprint density at radius 2 is 1.89 bits per heavy atom. The molecule has 0 aromatic heterocycles. The average Bonchev–Trinajstić information content (AvgIpc) is 2.93. The van der Waals surface area contributed by atoms with Gasteiger partial charge in [0.25, 0.3) is 0 Å². The molecule has 1 unspecified atom stereocenters. The van der Waals surface area contributed by atoms with E-state index in [1.165, 1.54) is 17.0 Å². The zero-order valence-corrected chi connectivity index (χ0v) is 15.8. The van der Waals surface area contributed by atoms with Crippen LogP contribution in [-0.2, 0) is 17.5 Å². The lowest BCUT2D eigenvalue weighted by molar-refractivity contribution is -0.137. The highest BCUT2D eigenvalue weighted by Crippen LogP contribution is 2.35. The number of nitrogens with zero attached hydrogens (tertiary/aromatic N) is 1. The van der Waals surface area contributed by atoms with Crippen LogP contribution >= 0.6 is 0 Å². The molecular formula is C21H21F4NO2. The summed E-state index contributed by atoms with van der Waals surface area (Å²) >= 11 is 0. The second-order valence-electron chi connectivity index (χ2n) is 7.31. The number of amides is 1. The van der Waals surface area contributed by atoms with Gasteiger partial charge in [0.1, 0.15) is 12.4 Å². The van der Waals surface area contributed by atoms with Gasteiger partial charge in [-0.05, 0) is 59.4 Å². The van der Waals surface area contributed by atoms with E-state index in [0.29, 0.717) is 22.3 Å². The molecule has 2 aromatic rings. The predicted molar refractivity (Wildman–Crippen MR) is 97.3 cm³/mol. The smallest absolute Gasteiger partial charge is 0.416 e. The summed E-state index contributed by atoms with van der Waals surface area (Å²) < 4.78 is 58.8. The van der Waals surface area contributed by atoms with Gasteiger partial charge in [0.2, 0.25) is 0 Å². The highest BCUT2D eigenvalue weighted by atomic mass is 19.4. The predicted octanol–water partition coefficient (Wildman–Crippen LogP) is 5.98. The van der Waals surface area contributed by atoms with Crippen LogP contribution in [0.15, 0.2) is 36.4 Å². The third kappa shape index (κ3) is 3.98. The van der Waals surface area contributed by atoms with E-state index in [0.717, 1.165) is 12.1 Å². The first-order valence-electron chi connectivity index (χ1n) is 9.01. The van der Waals surface area contributed by atoms with Crippen LogP contribution in [0.1, 0.15) is 43.4 Å². The summed E-state index contributed by atoms with van der Waals surface area (Å²) in [6, 6.07) is 7.70. The Labute approximate surface area is 160 Å². The van der Waals surface area contributed by atoms with Gasteiger partial charge in [0.05, 0.1) is 18.2 Å². The van der Waals surface area contributed by atoms with E-state index in [1.54, 1.807) is 19.1 Å². The molecule has 0 aliphatic carbocycles. The minimum absolute atomic E-state index is 0.0202. The van der Waals surface area contributed by atoms with E-state index in [1.807, 2.05) is 13.8 Å². The van der Waals surface area contributed by atoms with Crippen LogP contribution in [-0.4, -0.2) is 23.6 Å². The molecule has 0 radical (unpaired) electrons. The van der Waals surface area contributed by atoms with Crippen molar-refractivity contribution >= 4 is 6.09 Å². The molecule has 0 N–H and O–H groups in total. The molecule has 1 fully saturated rings. The highest BCUT2D eigenvalue weighted by Gasteiger charge is 2.33. The Kier molecular flexibility index (Phi) is 5.37. The molecule has 0 saturated carbocycles. The molecule has 3 nitrogen and oxygen atoms in total. The standard InChI is InChI=1S/C21H21F4NO2/c1-12(2)18-9-14(4-7-19(18)22)17-6-5-16(21(23,24)25)8-15(17)10-26-13(3)11-28-20(26)27/h4-9,12-13H,10-11H2,1-3H3. The van der Waals surface area contributed by atoms with Crippen LogP contribution in [0.5, 0.6) is 0 Å². The summed E-state index contributed by atoms with van der Waals surface area (Å²) in [6.07, 6.45) is -5.06. The van der Waals surface area contributed by atoms with Gasteiger partial charge in [-0.15, -0.1) is 0 Å². The first-order chi connectivity index (χ1) is 13.1. The fourth-order valence-electron chi connectivity index (χ4n) is 3.28. The number of rotatable bonds is 4. The lowest BCUT2D eigenvalue weighted by Gasteiger charge is -2.22. The van der Waals surface area contributed by atoms with Crippen LogP contribution in [0.3, 0.4) is 0 Å². The van der Waals surface area contributed by atoms with Gasteiger partial charge in [0, 0.05) is 0 Å². The topological polar surface area (TPSA) is 29.5 Å². The Bertz CT molecular complexity index is 892. The van der Waals surface area contributed by atoms with Gasteiger partial charge in [-0.3, -0.25) is 4.90 Å². The van der Waals surface area contributed by atoms with Crippen LogP contribution in [0.4, 0.5) is 22.4 Å². The second-order valence-corrected chi connectivity index (χ2v) is 7.31. The van der Waals surface area contributed by atoms with Crippen LogP contribution in [0.2, 0.25) is 0 Å². The van der Waals surface area contributed by atoms with Crippen molar-refractivity contribution < 1.29 is 27.1 Å². The summed E-state index contributed by atoms with van der Waals surface area (Å²) in [5.74, 6) is -0.435. The van der Waals surface area contributed by atoms with E-state index < -0.39 is 17.8 Å². The maximum Gasteiger partial charge on any atom is 0.416 e. The largest absolute Gasteiger partial charge is 0.447 e. The molecule has 1 saturated heterocycles. The zero-order valence-electron chi connectivity index (χ0n) is 15.8. The number of ether oxygens (including phenoxy) is 1. The minimum Gasteiger partial charge on any atom is -0.447 e. The molecule has 1 aliphatic heterocycles.